The van der Waals surface area contributed by atoms with Gasteiger partial charge in [0.2, 0.25) is 11.8 Å². The fourth-order valence-electron chi connectivity index (χ4n) is 1.67. The van der Waals surface area contributed by atoms with Crippen LogP contribution in [0.15, 0.2) is 52.0 Å². The first-order chi connectivity index (χ1) is 10.8. The van der Waals surface area contributed by atoms with Crippen molar-refractivity contribution in [2.75, 3.05) is 0 Å². The van der Waals surface area contributed by atoms with E-state index in [0.29, 0.717) is 0 Å². The van der Waals surface area contributed by atoms with Crippen molar-refractivity contribution in [3.05, 3.63) is 52.2 Å². The van der Waals surface area contributed by atoms with Gasteiger partial charge in [0.25, 0.3) is 5.78 Å². The molecule has 1 heterocycles. The SMILES string of the molecule is Cc1ccc(N=NC(C(=O)c2cccs2)C(=O)C(F)(F)F)cc1. The maximum atomic E-state index is 12.7. The fourth-order valence-corrected chi connectivity index (χ4v) is 2.36. The lowest BCUT2D eigenvalue weighted by Crippen LogP contribution is -2.38. The number of alkyl halides is 3. The number of Topliss-reactive ketones (excluding diaryl/α,β-unsaturated/α-hetero) is 2. The Kier molecular flexibility index (Phi) is 5.05. The minimum absolute atomic E-state index is 0.0236. The first-order valence-corrected chi connectivity index (χ1v) is 7.33. The van der Waals surface area contributed by atoms with E-state index in [-0.39, 0.29) is 10.6 Å². The summed E-state index contributed by atoms with van der Waals surface area (Å²) in [5.74, 6) is -3.25. The van der Waals surface area contributed by atoms with Crippen LogP contribution in [0.5, 0.6) is 0 Å². The summed E-state index contributed by atoms with van der Waals surface area (Å²) >= 11 is 0.940. The van der Waals surface area contributed by atoms with E-state index in [1.807, 2.05) is 6.92 Å². The van der Waals surface area contributed by atoms with Crippen molar-refractivity contribution in [3.8, 4) is 0 Å². The van der Waals surface area contributed by atoms with Gasteiger partial charge in [0, 0.05) is 0 Å². The summed E-state index contributed by atoms with van der Waals surface area (Å²) in [6.45, 7) is 1.83. The van der Waals surface area contributed by atoms with Crippen LogP contribution in [0.25, 0.3) is 0 Å². The smallest absolute Gasteiger partial charge is 0.290 e. The third-order valence-corrected chi connectivity index (χ3v) is 3.75. The average Bonchev–Trinajstić information content (AvgIpc) is 3.02. The summed E-state index contributed by atoms with van der Waals surface area (Å²) in [6, 6.07) is 7.06. The molecule has 0 aliphatic rings. The highest BCUT2D eigenvalue weighted by Crippen LogP contribution is 2.24. The van der Waals surface area contributed by atoms with Crippen molar-refractivity contribution in [3.63, 3.8) is 0 Å². The number of ketones is 2. The largest absolute Gasteiger partial charge is 0.452 e. The van der Waals surface area contributed by atoms with E-state index < -0.39 is 23.8 Å². The molecule has 2 rings (SSSR count). The molecule has 1 unspecified atom stereocenters. The molecule has 0 fully saturated rings. The Hall–Kier alpha value is -2.35. The minimum Gasteiger partial charge on any atom is -0.290 e. The molecule has 0 bridgehead atoms. The molecule has 0 radical (unpaired) electrons. The molecule has 0 amide bonds. The highest BCUT2D eigenvalue weighted by atomic mass is 32.1. The Morgan fingerprint density at radius 3 is 2.30 bits per heavy atom. The molecule has 1 aromatic carbocycles. The van der Waals surface area contributed by atoms with E-state index in [0.717, 1.165) is 16.9 Å². The van der Waals surface area contributed by atoms with Crippen LogP contribution in [-0.4, -0.2) is 23.8 Å². The maximum absolute atomic E-state index is 12.7. The third-order valence-electron chi connectivity index (χ3n) is 2.86. The van der Waals surface area contributed by atoms with Crippen LogP contribution in [0.3, 0.4) is 0 Å². The zero-order valence-electron chi connectivity index (χ0n) is 11.9. The number of carbonyl (C=O) groups is 2. The van der Waals surface area contributed by atoms with Crippen molar-refractivity contribution in [1.29, 1.82) is 0 Å². The average molecular weight is 340 g/mol. The van der Waals surface area contributed by atoms with Crippen molar-refractivity contribution < 1.29 is 22.8 Å². The van der Waals surface area contributed by atoms with Gasteiger partial charge < -0.3 is 0 Å². The molecule has 0 saturated carbocycles. The molecular weight excluding hydrogens is 329 g/mol. The molecule has 120 valence electrons. The van der Waals surface area contributed by atoms with E-state index in [1.54, 1.807) is 12.1 Å². The highest BCUT2D eigenvalue weighted by Gasteiger charge is 2.47. The van der Waals surface area contributed by atoms with E-state index in [2.05, 4.69) is 10.2 Å². The van der Waals surface area contributed by atoms with Crippen LogP contribution in [0.2, 0.25) is 0 Å². The topological polar surface area (TPSA) is 58.9 Å². The summed E-state index contributed by atoms with van der Waals surface area (Å²) in [5.41, 5.74) is 1.19. The van der Waals surface area contributed by atoms with Crippen LogP contribution in [0.4, 0.5) is 18.9 Å². The lowest BCUT2D eigenvalue weighted by Gasteiger charge is -2.10. The number of rotatable bonds is 5. The van der Waals surface area contributed by atoms with Gasteiger partial charge in [-0.1, -0.05) is 23.8 Å². The minimum atomic E-state index is -5.16. The summed E-state index contributed by atoms with van der Waals surface area (Å²) in [7, 11) is 0. The molecule has 1 aromatic heterocycles. The Bertz CT molecular complexity index is 722. The van der Waals surface area contributed by atoms with Gasteiger partial charge in [-0.05, 0) is 30.5 Å². The number of benzene rings is 1. The second kappa shape index (κ2) is 6.82. The van der Waals surface area contributed by atoms with Gasteiger partial charge in [-0.3, -0.25) is 9.59 Å². The number of carbonyl (C=O) groups excluding carboxylic acids is 2. The summed E-state index contributed by atoms with van der Waals surface area (Å²) < 4.78 is 38.0. The zero-order valence-corrected chi connectivity index (χ0v) is 12.7. The van der Waals surface area contributed by atoms with Gasteiger partial charge in [-0.15, -0.1) is 11.3 Å². The van der Waals surface area contributed by atoms with Gasteiger partial charge >= 0.3 is 6.18 Å². The summed E-state index contributed by atoms with van der Waals surface area (Å²) in [6.07, 6.45) is -5.16. The van der Waals surface area contributed by atoms with Gasteiger partial charge in [-0.2, -0.15) is 23.4 Å². The summed E-state index contributed by atoms with van der Waals surface area (Å²) in [5, 5.41) is 8.49. The van der Waals surface area contributed by atoms with E-state index >= 15 is 0 Å². The van der Waals surface area contributed by atoms with Crippen LogP contribution in [0, 0.1) is 6.92 Å². The number of hydrogen-bond donors (Lipinski definition) is 0. The highest BCUT2D eigenvalue weighted by molar-refractivity contribution is 7.12. The molecule has 0 spiro atoms. The van der Waals surface area contributed by atoms with Crippen molar-refractivity contribution in [2.24, 2.45) is 10.2 Å². The Balaban J connectivity index is 2.32. The van der Waals surface area contributed by atoms with Crippen LogP contribution >= 0.6 is 11.3 Å². The van der Waals surface area contributed by atoms with Gasteiger partial charge in [0.1, 0.15) is 0 Å². The molecule has 8 heteroatoms. The third kappa shape index (κ3) is 4.32. The predicted octanol–water partition coefficient (Wildman–Crippen LogP) is 4.52. The van der Waals surface area contributed by atoms with E-state index in [4.69, 9.17) is 0 Å². The van der Waals surface area contributed by atoms with Crippen LogP contribution in [0.1, 0.15) is 15.2 Å². The normalized spacial score (nSPS) is 13.2. The Morgan fingerprint density at radius 1 is 1.13 bits per heavy atom. The molecule has 0 aliphatic heterocycles. The Labute approximate surface area is 133 Å². The Morgan fingerprint density at radius 2 is 1.78 bits per heavy atom. The van der Waals surface area contributed by atoms with Gasteiger partial charge in [0.05, 0.1) is 10.6 Å². The lowest BCUT2D eigenvalue weighted by molar-refractivity contribution is -0.171. The van der Waals surface area contributed by atoms with Crippen LogP contribution < -0.4 is 0 Å². The quantitative estimate of drug-likeness (QED) is 0.456. The molecule has 2 aromatic rings. The van der Waals surface area contributed by atoms with Crippen molar-refractivity contribution >= 4 is 28.6 Å². The van der Waals surface area contributed by atoms with Crippen LogP contribution in [-0.2, 0) is 4.79 Å². The van der Waals surface area contributed by atoms with Gasteiger partial charge in [-0.25, -0.2) is 0 Å². The molecule has 0 N–H and O–H groups in total. The second-order valence-electron chi connectivity index (χ2n) is 4.66. The van der Waals surface area contributed by atoms with E-state index in [9.17, 15) is 22.8 Å². The number of nitrogens with zero attached hydrogens (tertiary/aromatic N) is 2. The van der Waals surface area contributed by atoms with Crippen molar-refractivity contribution in [1.82, 2.24) is 0 Å². The fraction of sp³-hybridized carbons (Fsp3) is 0.200. The van der Waals surface area contributed by atoms with Crippen molar-refractivity contribution in [2.45, 2.75) is 19.1 Å². The van der Waals surface area contributed by atoms with Gasteiger partial charge in [0.15, 0.2) is 0 Å². The maximum Gasteiger partial charge on any atom is 0.452 e. The monoisotopic (exact) mass is 340 g/mol. The summed E-state index contributed by atoms with van der Waals surface area (Å²) in [4.78, 5) is 23.6. The number of halogens is 3. The first-order valence-electron chi connectivity index (χ1n) is 6.45. The second-order valence-corrected chi connectivity index (χ2v) is 5.60. The molecule has 23 heavy (non-hydrogen) atoms. The zero-order chi connectivity index (χ0) is 17.0. The molecular formula is C15H11F3N2O2S. The standard InChI is InChI=1S/C15H11F3N2O2S/c1-9-4-6-10(7-5-9)19-20-12(14(22)15(16,17)18)13(21)11-3-2-8-23-11/h2-8,12H,1H3. The number of azo groups is 1. The van der Waals surface area contributed by atoms with E-state index in [1.165, 1.54) is 29.6 Å². The number of aryl methyl sites for hydroxylation is 1. The molecule has 4 nitrogen and oxygen atoms in total. The molecule has 0 saturated heterocycles. The molecule has 1 atom stereocenters. The number of hydrogen-bond acceptors (Lipinski definition) is 5. The number of thiophene rings is 1. The predicted molar refractivity (Wildman–Crippen MR) is 79.2 cm³/mol. The molecule has 0 aliphatic carbocycles. The lowest BCUT2D eigenvalue weighted by atomic mass is 10.1. The first kappa shape index (κ1) is 17.0.